The first kappa shape index (κ1) is 14.0. The number of carbonyl (C=O) groups is 1. The molecule has 0 N–H and O–H groups in total. The summed E-state index contributed by atoms with van der Waals surface area (Å²) >= 11 is 1.65. The maximum absolute atomic E-state index is 12.4. The quantitative estimate of drug-likeness (QED) is 0.828. The summed E-state index contributed by atoms with van der Waals surface area (Å²) in [5.41, 5.74) is 1.13. The van der Waals surface area contributed by atoms with E-state index >= 15 is 0 Å². The lowest BCUT2D eigenvalue weighted by Gasteiger charge is -2.37. The minimum Gasteiger partial charge on any atom is -0.375 e. The fourth-order valence-corrected chi connectivity index (χ4v) is 3.79. The molecule has 20 heavy (non-hydrogen) atoms. The third kappa shape index (κ3) is 3.22. The molecule has 0 bridgehead atoms. The molecule has 2 atom stereocenters. The van der Waals surface area contributed by atoms with Crippen molar-refractivity contribution in [1.29, 1.82) is 0 Å². The first-order valence-electron chi connectivity index (χ1n) is 7.31. The first-order chi connectivity index (χ1) is 9.72. The van der Waals surface area contributed by atoms with Gasteiger partial charge in [0.05, 0.1) is 19.1 Å². The predicted octanol–water partition coefficient (Wildman–Crippen LogP) is 1.47. The minimum atomic E-state index is 0.222. The Morgan fingerprint density at radius 1 is 1.45 bits per heavy atom. The lowest BCUT2D eigenvalue weighted by atomic mass is 9.93. The van der Waals surface area contributed by atoms with Crippen LogP contribution in [-0.4, -0.2) is 61.6 Å². The van der Waals surface area contributed by atoms with Crippen molar-refractivity contribution >= 4 is 17.2 Å². The summed E-state index contributed by atoms with van der Waals surface area (Å²) in [6.45, 7) is 4.51. The van der Waals surface area contributed by atoms with Crippen molar-refractivity contribution in [3.8, 4) is 0 Å². The average Bonchev–Trinajstić information content (AvgIpc) is 2.85. The second-order valence-corrected chi connectivity index (χ2v) is 6.65. The number of likely N-dealkylation sites (N-methyl/N-ethyl adjacent to an activating group) is 1. The molecular weight excluding hydrogens is 272 g/mol. The average molecular weight is 294 g/mol. The highest BCUT2D eigenvalue weighted by atomic mass is 32.1. The van der Waals surface area contributed by atoms with Crippen molar-refractivity contribution in [1.82, 2.24) is 9.80 Å². The molecule has 0 radical (unpaired) electrons. The van der Waals surface area contributed by atoms with Gasteiger partial charge in [-0.2, -0.15) is 11.3 Å². The van der Waals surface area contributed by atoms with E-state index in [4.69, 9.17) is 4.74 Å². The number of rotatable bonds is 2. The van der Waals surface area contributed by atoms with Gasteiger partial charge < -0.3 is 14.5 Å². The molecule has 1 aromatic heterocycles. The van der Waals surface area contributed by atoms with Gasteiger partial charge in [0.2, 0.25) is 5.91 Å². The number of hydrogen-bond acceptors (Lipinski definition) is 4. The number of hydrogen-bond donors (Lipinski definition) is 0. The number of carbonyl (C=O) groups excluding carboxylic acids is 1. The monoisotopic (exact) mass is 294 g/mol. The summed E-state index contributed by atoms with van der Waals surface area (Å²) in [5.74, 6) is 0.816. The fraction of sp³-hybridized carbons (Fsp3) is 0.667. The van der Waals surface area contributed by atoms with Gasteiger partial charge in [0.1, 0.15) is 0 Å². The summed E-state index contributed by atoms with van der Waals surface area (Å²) in [6.07, 6.45) is 1.81. The van der Waals surface area contributed by atoms with E-state index in [1.165, 1.54) is 0 Å². The number of ether oxygens (including phenoxy) is 1. The number of piperidine rings is 1. The number of likely N-dealkylation sites (tertiary alicyclic amines) is 1. The van der Waals surface area contributed by atoms with Crippen LogP contribution in [0.4, 0.5) is 0 Å². The smallest absolute Gasteiger partial charge is 0.227 e. The molecule has 0 saturated carbocycles. The van der Waals surface area contributed by atoms with Gasteiger partial charge in [-0.15, -0.1) is 0 Å². The Balaban J connectivity index is 1.59. The van der Waals surface area contributed by atoms with E-state index in [0.717, 1.165) is 44.8 Å². The van der Waals surface area contributed by atoms with Crippen molar-refractivity contribution in [2.45, 2.75) is 18.9 Å². The van der Waals surface area contributed by atoms with Crippen LogP contribution in [-0.2, 0) is 16.0 Å². The molecule has 2 aliphatic heterocycles. The highest BCUT2D eigenvalue weighted by Gasteiger charge is 2.34. The maximum Gasteiger partial charge on any atom is 0.227 e. The summed E-state index contributed by atoms with van der Waals surface area (Å²) in [4.78, 5) is 16.7. The van der Waals surface area contributed by atoms with Crippen molar-refractivity contribution in [2.24, 2.45) is 5.92 Å². The van der Waals surface area contributed by atoms with Gasteiger partial charge in [0.25, 0.3) is 0 Å². The van der Waals surface area contributed by atoms with Crippen molar-refractivity contribution < 1.29 is 9.53 Å². The summed E-state index contributed by atoms with van der Waals surface area (Å²) in [7, 11) is 2.15. The van der Waals surface area contributed by atoms with Gasteiger partial charge in [-0.25, -0.2) is 0 Å². The molecule has 2 fully saturated rings. The van der Waals surface area contributed by atoms with Crippen molar-refractivity contribution in [3.63, 3.8) is 0 Å². The van der Waals surface area contributed by atoms with E-state index in [1.54, 1.807) is 11.3 Å². The number of nitrogens with zero attached hydrogens (tertiary/aromatic N) is 2. The molecule has 5 heteroatoms. The van der Waals surface area contributed by atoms with Crippen LogP contribution in [0, 0.1) is 5.92 Å². The molecule has 0 aliphatic carbocycles. The van der Waals surface area contributed by atoms with Gasteiger partial charge >= 0.3 is 0 Å². The Labute approximate surface area is 124 Å². The standard InChI is InChI=1S/C15H22N2O2S/c1-16-5-6-19-14-10-17(4-2-13(14)9-16)15(18)8-12-3-7-20-11-12/h3,7,11,13-14H,2,4-6,8-10H2,1H3/t13-,14-/m1/s1. The van der Waals surface area contributed by atoms with Crippen LogP contribution >= 0.6 is 11.3 Å². The lowest BCUT2D eigenvalue weighted by Crippen LogP contribution is -2.49. The highest BCUT2D eigenvalue weighted by Crippen LogP contribution is 2.24. The highest BCUT2D eigenvalue weighted by molar-refractivity contribution is 7.07. The van der Waals surface area contributed by atoms with Gasteiger partial charge in [-0.1, -0.05) is 0 Å². The topological polar surface area (TPSA) is 32.8 Å². The van der Waals surface area contributed by atoms with Crippen LogP contribution in [0.1, 0.15) is 12.0 Å². The molecule has 2 aliphatic rings. The van der Waals surface area contributed by atoms with E-state index in [0.29, 0.717) is 12.3 Å². The molecule has 0 aromatic carbocycles. The summed E-state index contributed by atoms with van der Waals surface area (Å²) in [5, 5.41) is 4.08. The van der Waals surface area contributed by atoms with E-state index < -0.39 is 0 Å². The number of amides is 1. The summed E-state index contributed by atoms with van der Waals surface area (Å²) < 4.78 is 5.96. The zero-order chi connectivity index (χ0) is 13.9. The number of fused-ring (bicyclic) bond motifs is 1. The van der Waals surface area contributed by atoms with Crippen molar-refractivity contribution in [2.75, 3.05) is 39.8 Å². The molecule has 0 unspecified atom stereocenters. The van der Waals surface area contributed by atoms with Gasteiger partial charge in [0.15, 0.2) is 0 Å². The SMILES string of the molecule is CN1CCO[C@@H]2CN(C(=O)Cc3ccsc3)CC[C@@H]2C1. The van der Waals surface area contributed by atoms with Gasteiger partial charge in [-0.05, 0) is 35.9 Å². The van der Waals surface area contributed by atoms with Crippen LogP contribution in [0.15, 0.2) is 16.8 Å². The molecule has 1 amide bonds. The molecule has 0 spiro atoms. The predicted molar refractivity (Wildman–Crippen MR) is 79.9 cm³/mol. The van der Waals surface area contributed by atoms with E-state index in [1.807, 2.05) is 16.3 Å². The molecular formula is C15H22N2O2S. The molecule has 2 saturated heterocycles. The van der Waals surface area contributed by atoms with Crippen molar-refractivity contribution in [3.05, 3.63) is 22.4 Å². The Kier molecular flexibility index (Phi) is 4.38. The molecule has 1 aromatic rings. The second kappa shape index (κ2) is 6.24. The van der Waals surface area contributed by atoms with Gasteiger partial charge in [0, 0.05) is 32.1 Å². The Morgan fingerprint density at radius 3 is 3.15 bits per heavy atom. The lowest BCUT2D eigenvalue weighted by molar-refractivity contribution is -0.136. The van der Waals surface area contributed by atoms with Crippen LogP contribution < -0.4 is 0 Å². The second-order valence-electron chi connectivity index (χ2n) is 5.87. The zero-order valence-corrected chi connectivity index (χ0v) is 12.8. The van der Waals surface area contributed by atoms with Crippen LogP contribution in [0.5, 0.6) is 0 Å². The normalized spacial score (nSPS) is 27.9. The maximum atomic E-state index is 12.4. The fourth-order valence-electron chi connectivity index (χ4n) is 3.12. The Morgan fingerprint density at radius 2 is 2.35 bits per heavy atom. The van der Waals surface area contributed by atoms with Crippen LogP contribution in [0.25, 0.3) is 0 Å². The molecule has 3 heterocycles. The van der Waals surface area contributed by atoms with Crippen LogP contribution in [0.3, 0.4) is 0 Å². The molecule has 110 valence electrons. The van der Waals surface area contributed by atoms with E-state index in [-0.39, 0.29) is 12.0 Å². The van der Waals surface area contributed by atoms with E-state index in [9.17, 15) is 4.79 Å². The zero-order valence-electron chi connectivity index (χ0n) is 12.0. The first-order valence-corrected chi connectivity index (χ1v) is 8.25. The minimum absolute atomic E-state index is 0.222. The Bertz CT molecular complexity index is 449. The molecule has 3 rings (SSSR count). The van der Waals surface area contributed by atoms with E-state index in [2.05, 4.69) is 17.3 Å². The van der Waals surface area contributed by atoms with Crippen LogP contribution in [0.2, 0.25) is 0 Å². The number of thiophene rings is 1. The molecule has 4 nitrogen and oxygen atoms in total. The Hall–Kier alpha value is -0.910. The summed E-state index contributed by atoms with van der Waals surface area (Å²) in [6, 6.07) is 2.03. The third-order valence-corrected chi connectivity index (χ3v) is 5.07. The third-order valence-electron chi connectivity index (χ3n) is 4.34. The largest absolute Gasteiger partial charge is 0.375 e. The van der Waals surface area contributed by atoms with Gasteiger partial charge in [-0.3, -0.25) is 4.79 Å².